The molecule has 5 nitrogen and oxygen atoms in total. The molecule has 0 aromatic rings. The van der Waals surface area contributed by atoms with Crippen molar-refractivity contribution in [1.29, 1.82) is 0 Å². The smallest absolute Gasteiger partial charge is 0.245 e. The Morgan fingerprint density at radius 2 is 2.20 bits per heavy atom. The van der Waals surface area contributed by atoms with Crippen molar-refractivity contribution in [3.05, 3.63) is 0 Å². The van der Waals surface area contributed by atoms with Gasteiger partial charge in [0, 0.05) is 6.92 Å². The van der Waals surface area contributed by atoms with Gasteiger partial charge >= 0.3 is 0 Å². The van der Waals surface area contributed by atoms with Gasteiger partial charge < -0.3 is 15.7 Å². The second-order valence-electron chi connectivity index (χ2n) is 3.68. The molecule has 2 amide bonds. The Labute approximate surface area is 93.0 Å². The molecule has 0 aromatic heterocycles. The first-order valence-electron chi connectivity index (χ1n) is 4.90. The van der Waals surface area contributed by atoms with Crippen molar-refractivity contribution in [2.45, 2.75) is 31.2 Å². The molecule has 1 saturated heterocycles. The van der Waals surface area contributed by atoms with Gasteiger partial charge in [-0.3, -0.25) is 9.59 Å². The molecule has 15 heavy (non-hydrogen) atoms. The third kappa shape index (κ3) is 4.53. The van der Waals surface area contributed by atoms with Crippen LogP contribution in [0.5, 0.6) is 0 Å². The Morgan fingerprint density at radius 3 is 2.60 bits per heavy atom. The van der Waals surface area contributed by atoms with E-state index in [-0.39, 0.29) is 11.8 Å². The Hall–Kier alpha value is -0.750. The van der Waals surface area contributed by atoms with Gasteiger partial charge in [0.15, 0.2) is 11.0 Å². The maximum absolute atomic E-state index is 11.6. The van der Waals surface area contributed by atoms with Gasteiger partial charge in [-0.1, -0.05) is 0 Å². The topological polar surface area (TPSA) is 78.4 Å². The van der Waals surface area contributed by atoms with E-state index in [1.54, 1.807) is 0 Å². The van der Waals surface area contributed by atoms with Crippen LogP contribution in [-0.4, -0.2) is 46.6 Å². The van der Waals surface area contributed by atoms with Gasteiger partial charge in [0.2, 0.25) is 11.8 Å². The molecular weight excluding hydrogens is 216 g/mol. The third-order valence-corrected chi connectivity index (χ3v) is 3.14. The van der Waals surface area contributed by atoms with Gasteiger partial charge in [-0.15, -0.1) is 0 Å². The highest BCUT2D eigenvalue weighted by Gasteiger charge is 2.35. The summed E-state index contributed by atoms with van der Waals surface area (Å²) in [5, 5.41) is 15.0. The first-order valence-corrected chi connectivity index (χ1v) is 6.05. The van der Waals surface area contributed by atoms with Crippen LogP contribution in [0.15, 0.2) is 0 Å². The number of carbonyl (C=O) groups is 2. The zero-order valence-electron chi connectivity index (χ0n) is 8.86. The fraction of sp³-hybridized carbons (Fsp3) is 0.778. The highest BCUT2D eigenvalue weighted by Crippen LogP contribution is 2.08. The van der Waals surface area contributed by atoms with Crippen molar-refractivity contribution in [2.75, 3.05) is 12.3 Å². The first kappa shape index (κ1) is 12.3. The molecule has 0 aliphatic carbocycles. The fourth-order valence-corrected chi connectivity index (χ4v) is 1.65. The van der Waals surface area contributed by atoms with E-state index < -0.39 is 12.1 Å². The number of hydrogen-bond acceptors (Lipinski definition) is 3. The Morgan fingerprint density at radius 1 is 1.60 bits per heavy atom. The second-order valence-corrected chi connectivity index (χ2v) is 5.14. The van der Waals surface area contributed by atoms with Crippen molar-refractivity contribution < 1.29 is 14.7 Å². The summed E-state index contributed by atoms with van der Waals surface area (Å²) in [4.78, 5) is 22.4. The summed E-state index contributed by atoms with van der Waals surface area (Å²) in [6.45, 7) is 3.43. The summed E-state index contributed by atoms with van der Waals surface area (Å²) in [5.41, 5.74) is 0. The standard InChI is InChI=1S/C9H16N2O3S/c1-5(12)8(11-6(2)13)9(14)10-3-7-4-15-7/h5,7-8,12H,3-4H2,1-2H3,(H,10,14)(H,11,13)/p+1/t5-,7?,8-/m1/s1. The van der Waals surface area contributed by atoms with Crippen molar-refractivity contribution in [3.63, 3.8) is 0 Å². The van der Waals surface area contributed by atoms with Gasteiger partial charge in [0.1, 0.15) is 6.04 Å². The van der Waals surface area contributed by atoms with E-state index in [2.05, 4.69) is 10.6 Å². The molecule has 1 aliphatic rings. The number of nitrogens with one attached hydrogen (secondary N) is 2. The number of carbonyl (C=O) groups excluding carboxylic acids is 2. The maximum Gasteiger partial charge on any atom is 0.245 e. The van der Waals surface area contributed by atoms with Gasteiger partial charge in [-0.05, 0) is 18.7 Å². The molecule has 0 aromatic carbocycles. The van der Waals surface area contributed by atoms with Gasteiger partial charge in [0.05, 0.1) is 12.6 Å². The Kier molecular flexibility index (Phi) is 4.41. The summed E-state index contributed by atoms with van der Waals surface area (Å²) in [6, 6.07) is -0.849. The van der Waals surface area contributed by atoms with Crippen LogP contribution < -0.4 is 10.6 Å². The quantitative estimate of drug-likeness (QED) is 0.297. The van der Waals surface area contributed by atoms with Crippen LogP contribution in [-0.2, 0) is 21.4 Å². The highest BCUT2D eigenvalue weighted by molar-refractivity contribution is 7.86. The van der Waals surface area contributed by atoms with Crippen LogP contribution in [0.2, 0.25) is 0 Å². The minimum Gasteiger partial charge on any atom is -0.391 e. The summed E-state index contributed by atoms with van der Waals surface area (Å²) < 4.78 is 0. The highest BCUT2D eigenvalue weighted by atomic mass is 32.2. The summed E-state index contributed by atoms with van der Waals surface area (Å²) in [5.74, 6) is 0.489. The monoisotopic (exact) mass is 233 g/mol. The molecule has 6 heteroatoms. The van der Waals surface area contributed by atoms with Crippen molar-refractivity contribution in [2.24, 2.45) is 0 Å². The van der Waals surface area contributed by atoms with Crippen LogP contribution >= 0.6 is 0 Å². The predicted octanol–water partition coefficient (Wildman–Crippen LogP) is -1.81. The van der Waals surface area contributed by atoms with Gasteiger partial charge in [-0.2, -0.15) is 0 Å². The molecule has 3 atom stereocenters. The van der Waals surface area contributed by atoms with E-state index in [1.807, 2.05) is 0 Å². The van der Waals surface area contributed by atoms with Crippen LogP contribution in [0, 0.1) is 0 Å². The third-order valence-electron chi connectivity index (χ3n) is 2.08. The zero-order chi connectivity index (χ0) is 11.4. The number of thiol groups is 1. The second kappa shape index (κ2) is 5.37. The Bertz CT molecular complexity index is 254. The molecule has 0 spiro atoms. The Balaban J connectivity index is 2.38. The lowest BCUT2D eigenvalue weighted by atomic mass is 10.1. The molecule has 1 rings (SSSR count). The van der Waals surface area contributed by atoms with Crippen molar-refractivity contribution in [3.8, 4) is 0 Å². The molecule has 1 fully saturated rings. The van der Waals surface area contributed by atoms with Crippen LogP contribution in [0.3, 0.4) is 0 Å². The first-order chi connectivity index (χ1) is 7.00. The fourth-order valence-electron chi connectivity index (χ4n) is 1.16. The molecule has 3 N–H and O–H groups in total. The van der Waals surface area contributed by atoms with E-state index >= 15 is 0 Å². The van der Waals surface area contributed by atoms with E-state index in [0.717, 1.165) is 5.75 Å². The minimum atomic E-state index is -0.884. The molecule has 0 radical (unpaired) electrons. The van der Waals surface area contributed by atoms with Crippen LogP contribution in [0.4, 0.5) is 0 Å². The largest absolute Gasteiger partial charge is 0.391 e. The number of amides is 2. The van der Waals surface area contributed by atoms with E-state index in [4.69, 9.17) is 0 Å². The van der Waals surface area contributed by atoms with Crippen molar-refractivity contribution >= 4 is 23.6 Å². The average Bonchev–Trinajstić information content (AvgIpc) is 2.93. The van der Waals surface area contributed by atoms with E-state index in [9.17, 15) is 14.7 Å². The lowest BCUT2D eigenvalue weighted by Crippen LogP contribution is -2.52. The lowest BCUT2D eigenvalue weighted by molar-refractivity contribution is -0.130. The molecule has 1 unspecified atom stereocenters. The molecule has 86 valence electrons. The number of hydrogen-bond donors (Lipinski definition) is 3. The lowest BCUT2D eigenvalue weighted by Gasteiger charge is -2.19. The van der Waals surface area contributed by atoms with E-state index in [1.165, 1.54) is 25.6 Å². The normalized spacial score (nSPS) is 22.7. The zero-order valence-corrected chi connectivity index (χ0v) is 9.75. The number of aliphatic hydroxyl groups is 1. The number of aliphatic hydroxyl groups excluding tert-OH is 1. The summed E-state index contributed by atoms with van der Waals surface area (Å²) in [6.07, 6.45) is -0.884. The van der Waals surface area contributed by atoms with Crippen LogP contribution in [0.25, 0.3) is 0 Å². The molecule has 1 aliphatic heterocycles. The van der Waals surface area contributed by atoms with Crippen molar-refractivity contribution in [1.82, 2.24) is 10.6 Å². The van der Waals surface area contributed by atoms with Gasteiger partial charge in [-0.25, -0.2) is 0 Å². The van der Waals surface area contributed by atoms with Gasteiger partial charge in [0.25, 0.3) is 0 Å². The SMILES string of the molecule is CC(=O)N[C@@H](C(=O)NCC1C[SH+]1)[C@@H](C)O. The van der Waals surface area contributed by atoms with E-state index in [0.29, 0.717) is 11.8 Å². The number of rotatable bonds is 5. The molecule has 0 bridgehead atoms. The molecule has 0 saturated carbocycles. The summed E-state index contributed by atoms with van der Waals surface area (Å²) >= 11 is 1.36. The summed E-state index contributed by atoms with van der Waals surface area (Å²) in [7, 11) is 0. The van der Waals surface area contributed by atoms with Crippen LogP contribution in [0.1, 0.15) is 13.8 Å². The predicted molar refractivity (Wildman–Crippen MR) is 59.7 cm³/mol. The average molecular weight is 233 g/mol. The molecule has 1 heterocycles. The molecular formula is C9H17N2O3S+. The minimum absolute atomic E-state index is 0.317. The maximum atomic E-state index is 11.6.